The number of phenolic OH excluding ortho intramolecular Hbond substituents is 1. The molecule has 0 aromatic heterocycles. The van der Waals surface area contributed by atoms with E-state index in [9.17, 15) is 9.90 Å². The largest absolute Gasteiger partial charge is 0.507 e. The number of carbonyl (C=O) groups excluding carboxylic acids is 1. The number of hydrogen-bond donors (Lipinski definition) is 3. The molecule has 0 bridgehead atoms. The minimum Gasteiger partial charge on any atom is -0.507 e. The first-order chi connectivity index (χ1) is 8.43. The number of halogens is 1. The van der Waals surface area contributed by atoms with Gasteiger partial charge in [0.1, 0.15) is 5.75 Å². The number of amides is 1. The van der Waals surface area contributed by atoms with Crippen molar-refractivity contribution >= 4 is 17.5 Å². The highest BCUT2D eigenvalue weighted by Crippen LogP contribution is 2.21. The van der Waals surface area contributed by atoms with Crippen LogP contribution in [0.15, 0.2) is 18.2 Å². The second-order valence-electron chi connectivity index (χ2n) is 4.70. The van der Waals surface area contributed by atoms with Crippen LogP contribution in [0.3, 0.4) is 0 Å². The normalized spacial score (nSPS) is 12.5. The minimum atomic E-state index is -0.355. The van der Waals surface area contributed by atoms with Crippen molar-refractivity contribution in [3.63, 3.8) is 0 Å². The molecular formula is C13H19ClN2O2. The lowest BCUT2D eigenvalue weighted by Gasteiger charge is -2.19. The van der Waals surface area contributed by atoms with Gasteiger partial charge >= 0.3 is 0 Å². The van der Waals surface area contributed by atoms with Crippen molar-refractivity contribution in [1.82, 2.24) is 5.32 Å². The quantitative estimate of drug-likeness (QED) is 0.767. The summed E-state index contributed by atoms with van der Waals surface area (Å²) in [6, 6.07) is 4.27. The van der Waals surface area contributed by atoms with E-state index in [1.807, 2.05) is 0 Å². The Hall–Kier alpha value is -1.26. The third-order valence-corrected chi connectivity index (χ3v) is 2.81. The summed E-state index contributed by atoms with van der Waals surface area (Å²) in [4.78, 5) is 12.0. The van der Waals surface area contributed by atoms with Crippen LogP contribution in [-0.4, -0.2) is 23.6 Å². The lowest BCUT2D eigenvalue weighted by atomic mass is 10.0. The van der Waals surface area contributed by atoms with Gasteiger partial charge < -0.3 is 16.2 Å². The molecule has 1 rings (SSSR count). The fourth-order valence-corrected chi connectivity index (χ4v) is 1.91. The van der Waals surface area contributed by atoms with Crippen molar-refractivity contribution in [3.05, 3.63) is 28.8 Å². The maximum atomic E-state index is 12.0. The van der Waals surface area contributed by atoms with Gasteiger partial charge in [0.15, 0.2) is 0 Å². The molecule has 1 amide bonds. The topological polar surface area (TPSA) is 75.3 Å². The second-order valence-corrected chi connectivity index (χ2v) is 5.13. The van der Waals surface area contributed by atoms with Crippen LogP contribution >= 0.6 is 11.6 Å². The summed E-state index contributed by atoms with van der Waals surface area (Å²) in [6.07, 6.45) is 0.795. The highest BCUT2D eigenvalue weighted by Gasteiger charge is 2.16. The number of nitrogens with one attached hydrogen (secondary N) is 1. The van der Waals surface area contributed by atoms with E-state index in [-0.39, 0.29) is 23.3 Å². The molecular weight excluding hydrogens is 252 g/mol. The van der Waals surface area contributed by atoms with Crippen molar-refractivity contribution in [2.75, 3.05) is 6.54 Å². The molecule has 0 aliphatic carbocycles. The zero-order chi connectivity index (χ0) is 13.7. The number of phenols is 1. The van der Waals surface area contributed by atoms with E-state index in [1.165, 1.54) is 18.2 Å². The van der Waals surface area contributed by atoms with Crippen LogP contribution in [0.4, 0.5) is 0 Å². The standard InChI is InChI=1S/C13H19ClN2O2/c1-8(2)5-10(7-15)16-13(18)11-6-9(14)3-4-12(11)17/h3-4,6,8,10,17H,5,7,15H2,1-2H3,(H,16,18). The number of nitrogens with two attached hydrogens (primary N) is 1. The maximum absolute atomic E-state index is 12.0. The van der Waals surface area contributed by atoms with E-state index < -0.39 is 0 Å². The Labute approximate surface area is 112 Å². The molecule has 0 aliphatic rings. The van der Waals surface area contributed by atoms with Gasteiger partial charge in [0.2, 0.25) is 0 Å². The smallest absolute Gasteiger partial charge is 0.255 e. The zero-order valence-electron chi connectivity index (χ0n) is 10.6. The van der Waals surface area contributed by atoms with Crippen molar-refractivity contribution in [2.45, 2.75) is 26.3 Å². The summed E-state index contributed by atoms with van der Waals surface area (Å²) in [6.45, 7) is 4.49. The Bertz CT molecular complexity index is 421. The third kappa shape index (κ3) is 4.20. The lowest BCUT2D eigenvalue weighted by Crippen LogP contribution is -2.41. The van der Waals surface area contributed by atoms with Gasteiger partial charge in [0.25, 0.3) is 5.91 Å². The molecule has 4 nitrogen and oxygen atoms in total. The van der Waals surface area contributed by atoms with E-state index in [0.29, 0.717) is 17.5 Å². The monoisotopic (exact) mass is 270 g/mol. The molecule has 0 spiro atoms. The first kappa shape index (κ1) is 14.8. The van der Waals surface area contributed by atoms with Gasteiger partial charge in [0.05, 0.1) is 5.56 Å². The molecule has 0 saturated carbocycles. The molecule has 0 aliphatic heterocycles. The molecule has 4 N–H and O–H groups in total. The summed E-state index contributed by atoms with van der Waals surface area (Å²) in [7, 11) is 0. The van der Waals surface area contributed by atoms with Crippen LogP contribution in [0.1, 0.15) is 30.6 Å². The van der Waals surface area contributed by atoms with Gasteiger partial charge in [-0.2, -0.15) is 0 Å². The SMILES string of the molecule is CC(C)CC(CN)NC(=O)c1cc(Cl)ccc1O. The summed E-state index contributed by atoms with van der Waals surface area (Å²) in [5, 5.41) is 12.8. The molecule has 0 heterocycles. The van der Waals surface area contributed by atoms with Crippen molar-refractivity contribution in [2.24, 2.45) is 11.7 Å². The van der Waals surface area contributed by atoms with Gasteiger partial charge in [-0.05, 0) is 30.5 Å². The fraction of sp³-hybridized carbons (Fsp3) is 0.462. The van der Waals surface area contributed by atoms with Crippen LogP contribution < -0.4 is 11.1 Å². The first-order valence-electron chi connectivity index (χ1n) is 5.93. The van der Waals surface area contributed by atoms with Crippen LogP contribution in [0.25, 0.3) is 0 Å². The molecule has 1 aromatic rings. The summed E-state index contributed by atoms with van der Waals surface area (Å²) in [5.74, 6) is -0.00451. The predicted molar refractivity (Wildman–Crippen MR) is 72.9 cm³/mol. The van der Waals surface area contributed by atoms with Gasteiger partial charge in [-0.1, -0.05) is 25.4 Å². The summed E-state index contributed by atoms with van der Waals surface area (Å²) >= 11 is 5.80. The molecule has 1 atom stereocenters. The van der Waals surface area contributed by atoms with E-state index in [4.69, 9.17) is 17.3 Å². The molecule has 100 valence electrons. The van der Waals surface area contributed by atoms with Crippen LogP contribution in [0.2, 0.25) is 5.02 Å². The van der Waals surface area contributed by atoms with Gasteiger partial charge in [-0.25, -0.2) is 0 Å². The molecule has 5 heteroatoms. The lowest BCUT2D eigenvalue weighted by molar-refractivity contribution is 0.0931. The molecule has 0 radical (unpaired) electrons. The van der Waals surface area contributed by atoms with E-state index in [2.05, 4.69) is 19.2 Å². The molecule has 1 aromatic carbocycles. The first-order valence-corrected chi connectivity index (χ1v) is 6.31. The average Bonchev–Trinajstić information content (AvgIpc) is 2.30. The van der Waals surface area contributed by atoms with Crippen LogP contribution in [0.5, 0.6) is 5.75 Å². The van der Waals surface area contributed by atoms with Crippen LogP contribution in [0, 0.1) is 5.92 Å². The third-order valence-electron chi connectivity index (χ3n) is 2.58. The molecule has 18 heavy (non-hydrogen) atoms. The number of aromatic hydroxyl groups is 1. The Morgan fingerprint density at radius 1 is 1.50 bits per heavy atom. The zero-order valence-corrected chi connectivity index (χ0v) is 11.4. The van der Waals surface area contributed by atoms with Gasteiger partial charge in [0, 0.05) is 17.6 Å². The van der Waals surface area contributed by atoms with E-state index in [0.717, 1.165) is 6.42 Å². The average molecular weight is 271 g/mol. The van der Waals surface area contributed by atoms with Crippen molar-refractivity contribution in [1.29, 1.82) is 0 Å². The summed E-state index contributed by atoms with van der Waals surface area (Å²) in [5.41, 5.74) is 5.78. The van der Waals surface area contributed by atoms with E-state index >= 15 is 0 Å². The number of rotatable bonds is 5. The second kappa shape index (κ2) is 6.61. The molecule has 0 saturated heterocycles. The molecule has 1 unspecified atom stereocenters. The Morgan fingerprint density at radius 3 is 2.72 bits per heavy atom. The van der Waals surface area contributed by atoms with E-state index in [1.54, 1.807) is 0 Å². The fourth-order valence-electron chi connectivity index (χ4n) is 1.74. The highest BCUT2D eigenvalue weighted by molar-refractivity contribution is 6.31. The van der Waals surface area contributed by atoms with Gasteiger partial charge in [-0.15, -0.1) is 0 Å². The van der Waals surface area contributed by atoms with Gasteiger partial charge in [-0.3, -0.25) is 4.79 Å². The minimum absolute atomic E-state index is 0.0859. The van der Waals surface area contributed by atoms with Crippen molar-refractivity contribution in [3.8, 4) is 5.75 Å². The number of hydrogen-bond acceptors (Lipinski definition) is 3. The van der Waals surface area contributed by atoms with Crippen LogP contribution in [-0.2, 0) is 0 Å². The Morgan fingerprint density at radius 2 is 2.17 bits per heavy atom. The Balaban J connectivity index is 2.77. The highest BCUT2D eigenvalue weighted by atomic mass is 35.5. The summed E-state index contributed by atoms with van der Waals surface area (Å²) < 4.78 is 0. The number of carbonyl (C=O) groups is 1. The number of benzene rings is 1. The predicted octanol–water partition coefficient (Wildman–Crippen LogP) is 2.15. The maximum Gasteiger partial charge on any atom is 0.255 e. The van der Waals surface area contributed by atoms with Crippen molar-refractivity contribution < 1.29 is 9.90 Å². The Kier molecular flexibility index (Phi) is 5.44. The molecule has 0 fully saturated rings.